The molecule has 0 spiro atoms. The molecule has 0 saturated carbocycles. The Morgan fingerprint density at radius 1 is 1.37 bits per heavy atom. The first-order chi connectivity index (χ1) is 9.02. The second-order valence-electron chi connectivity index (χ2n) is 4.42. The van der Waals surface area contributed by atoms with E-state index in [0.717, 1.165) is 4.90 Å². The van der Waals surface area contributed by atoms with Crippen molar-refractivity contribution in [3.05, 3.63) is 34.9 Å². The van der Waals surface area contributed by atoms with Crippen molar-refractivity contribution in [2.24, 2.45) is 0 Å². The monoisotopic (exact) mass is 283 g/mol. The lowest BCUT2D eigenvalue weighted by atomic mass is 10.0. The molecule has 2 atom stereocenters. The summed E-state index contributed by atoms with van der Waals surface area (Å²) in [6.45, 7) is 0.218. The summed E-state index contributed by atoms with van der Waals surface area (Å²) in [6, 6.07) is 5.74. The number of hydrogen-bond donors (Lipinski definition) is 1. The maximum Gasteiger partial charge on any atom is 0.408 e. The van der Waals surface area contributed by atoms with Crippen LogP contribution in [0, 0.1) is 0 Å². The average molecular weight is 284 g/mol. The number of benzene rings is 1. The van der Waals surface area contributed by atoms with E-state index in [1.165, 1.54) is 7.11 Å². The SMILES string of the molecule is COC1CC(C(=O)c2ccc(Cl)cc2)N(C(=O)O)C1. The van der Waals surface area contributed by atoms with Gasteiger partial charge in [0, 0.05) is 24.1 Å². The fourth-order valence-electron chi connectivity index (χ4n) is 2.23. The number of carbonyl (C=O) groups excluding carboxylic acids is 1. The summed E-state index contributed by atoms with van der Waals surface area (Å²) in [5.74, 6) is -0.224. The van der Waals surface area contributed by atoms with E-state index in [0.29, 0.717) is 17.0 Å². The summed E-state index contributed by atoms with van der Waals surface area (Å²) >= 11 is 5.76. The van der Waals surface area contributed by atoms with Crippen LogP contribution in [0.3, 0.4) is 0 Å². The number of ether oxygens (including phenoxy) is 1. The number of ketones is 1. The summed E-state index contributed by atoms with van der Waals surface area (Å²) in [4.78, 5) is 24.6. The molecule has 0 bridgehead atoms. The molecule has 0 radical (unpaired) electrons. The van der Waals surface area contributed by atoms with E-state index in [1.54, 1.807) is 24.3 Å². The topological polar surface area (TPSA) is 66.8 Å². The second kappa shape index (κ2) is 5.59. The van der Waals surface area contributed by atoms with Gasteiger partial charge in [0.25, 0.3) is 0 Å². The molecule has 2 unspecified atom stereocenters. The Hall–Kier alpha value is -1.59. The molecule has 1 saturated heterocycles. The first kappa shape index (κ1) is 13.8. The third-order valence-corrected chi connectivity index (χ3v) is 3.53. The van der Waals surface area contributed by atoms with Crippen molar-refractivity contribution in [2.75, 3.05) is 13.7 Å². The molecule has 5 nitrogen and oxygen atoms in total. The van der Waals surface area contributed by atoms with Gasteiger partial charge in [-0.3, -0.25) is 9.69 Å². The largest absolute Gasteiger partial charge is 0.465 e. The van der Waals surface area contributed by atoms with Crippen LogP contribution in [-0.2, 0) is 4.74 Å². The number of nitrogens with zero attached hydrogens (tertiary/aromatic N) is 1. The highest BCUT2D eigenvalue weighted by Crippen LogP contribution is 2.24. The van der Waals surface area contributed by atoms with Gasteiger partial charge >= 0.3 is 6.09 Å². The van der Waals surface area contributed by atoms with E-state index >= 15 is 0 Å². The van der Waals surface area contributed by atoms with Gasteiger partial charge in [0.1, 0.15) is 6.04 Å². The number of carboxylic acid groups (broad SMARTS) is 1. The van der Waals surface area contributed by atoms with Crippen LogP contribution in [-0.4, -0.2) is 47.7 Å². The Morgan fingerprint density at radius 3 is 2.53 bits per heavy atom. The highest BCUT2D eigenvalue weighted by Gasteiger charge is 2.39. The predicted molar refractivity (Wildman–Crippen MR) is 69.7 cm³/mol. The Balaban J connectivity index is 2.21. The fourth-order valence-corrected chi connectivity index (χ4v) is 2.36. The number of hydrogen-bond acceptors (Lipinski definition) is 3. The quantitative estimate of drug-likeness (QED) is 0.864. The third kappa shape index (κ3) is 2.88. The van der Waals surface area contributed by atoms with Crippen LogP contribution in [0.5, 0.6) is 0 Å². The molecule has 0 aromatic heterocycles. The minimum Gasteiger partial charge on any atom is -0.465 e. The van der Waals surface area contributed by atoms with E-state index in [1.807, 2.05) is 0 Å². The van der Waals surface area contributed by atoms with Crippen molar-refractivity contribution in [2.45, 2.75) is 18.6 Å². The Bertz CT molecular complexity index is 488. The van der Waals surface area contributed by atoms with Crippen molar-refractivity contribution in [1.82, 2.24) is 4.90 Å². The van der Waals surface area contributed by atoms with E-state index in [-0.39, 0.29) is 18.4 Å². The molecular weight excluding hydrogens is 270 g/mol. The highest BCUT2D eigenvalue weighted by atomic mass is 35.5. The van der Waals surface area contributed by atoms with Crippen LogP contribution in [0.2, 0.25) is 5.02 Å². The molecule has 0 aliphatic carbocycles. The van der Waals surface area contributed by atoms with Gasteiger partial charge in [-0.2, -0.15) is 0 Å². The number of amides is 1. The zero-order chi connectivity index (χ0) is 14.0. The fraction of sp³-hybridized carbons (Fsp3) is 0.385. The molecule has 1 N–H and O–H groups in total. The molecule has 1 aliphatic heterocycles. The van der Waals surface area contributed by atoms with Gasteiger partial charge in [-0.1, -0.05) is 11.6 Å². The van der Waals surface area contributed by atoms with Gasteiger partial charge in [0.15, 0.2) is 5.78 Å². The van der Waals surface area contributed by atoms with Crippen LogP contribution in [0.1, 0.15) is 16.8 Å². The minimum atomic E-state index is -1.10. The van der Waals surface area contributed by atoms with Gasteiger partial charge in [0.05, 0.1) is 12.6 Å². The van der Waals surface area contributed by atoms with Crippen LogP contribution in [0.15, 0.2) is 24.3 Å². The van der Waals surface area contributed by atoms with Crippen molar-refractivity contribution < 1.29 is 19.4 Å². The van der Waals surface area contributed by atoms with Gasteiger partial charge in [-0.05, 0) is 24.3 Å². The van der Waals surface area contributed by atoms with Gasteiger partial charge in [-0.15, -0.1) is 0 Å². The molecule has 1 aromatic rings. The molecule has 1 fully saturated rings. The first-order valence-corrected chi connectivity index (χ1v) is 6.23. The summed E-state index contributed by atoms with van der Waals surface area (Å²) in [5.41, 5.74) is 0.456. The lowest BCUT2D eigenvalue weighted by Crippen LogP contribution is -2.39. The minimum absolute atomic E-state index is 0.218. The van der Waals surface area contributed by atoms with Gasteiger partial charge in [-0.25, -0.2) is 4.79 Å². The van der Waals surface area contributed by atoms with E-state index < -0.39 is 12.1 Å². The van der Waals surface area contributed by atoms with Crippen LogP contribution in [0.4, 0.5) is 4.79 Å². The Labute approximate surface area is 115 Å². The molecule has 1 aromatic carbocycles. The summed E-state index contributed by atoms with van der Waals surface area (Å²) in [5, 5.41) is 9.67. The zero-order valence-electron chi connectivity index (χ0n) is 10.4. The zero-order valence-corrected chi connectivity index (χ0v) is 11.1. The standard InChI is InChI=1S/C13H14ClNO4/c1-19-10-6-11(15(7-10)13(17)18)12(16)8-2-4-9(14)5-3-8/h2-5,10-11H,6-7H2,1H3,(H,17,18). The molecular formula is C13H14ClNO4. The van der Waals surface area contributed by atoms with Gasteiger partial charge < -0.3 is 9.84 Å². The molecule has 19 heavy (non-hydrogen) atoms. The summed E-state index contributed by atoms with van der Waals surface area (Å²) < 4.78 is 5.15. The van der Waals surface area contributed by atoms with E-state index in [2.05, 4.69) is 0 Å². The lowest BCUT2D eigenvalue weighted by molar-refractivity contribution is 0.0844. The predicted octanol–water partition coefficient (Wildman–Crippen LogP) is 2.29. The Kier molecular flexibility index (Phi) is 4.07. The summed E-state index contributed by atoms with van der Waals surface area (Å²) in [6.07, 6.45) is -0.964. The van der Waals surface area contributed by atoms with Crippen molar-refractivity contribution in [3.8, 4) is 0 Å². The normalized spacial score (nSPS) is 22.5. The van der Waals surface area contributed by atoms with Crippen molar-refractivity contribution in [3.63, 3.8) is 0 Å². The molecule has 102 valence electrons. The molecule has 2 rings (SSSR count). The highest BCUT2D eigenvalue weighted by molar-refractivity contribution is 6.30. The Morgan fingerprint density at radius 2 is 2.00 bits per heavy atom. The maximum absolute atomic E-state index is 12.3. The average Bonchev–Trinajstić information content (AvgIpc) is 2.83. The number of carbonyl (C=O) groups is 2. The van der Waals surface area contributed by atoms with Crippen LogP contribution in [0.25, 0.3) is 0 Å². The number of methoxy groups -OCH3 is 1. The first-order valence-electron chi connectivity index (χ1n) is 5.85. The van der Waals surface area contributed by atoms with E-state index in [9.17, 15) is 9.59 Å². The number of Topliss-reactive ketones (excluding diaryl/α,β-unsaturated/α-hetero) is 1. The van der Waals surface area contributed by atoms with Crippen LogP contribution >= 0.6 is 11.6 Å². The second-order valence-corrected chi connectivity index (χ2v) is 4.85. The van der Waals surface area contributed by atoms with Crippen LogP contribution < -0.4 is 0 Å². The maximum atomic E-state index is 12.3. The smallest absolute Gasteiger partial charge is 0.408 e. The van der Waals surface area contributed by atoms with Gasteiger partial charge in [0.2, 0.25) is 0 Å². The number of likely N-dealkylation sites (tertiary alicyclic amines) is 1. The molecule has 1 aliphatic rings. The summed E-state index contributed by atoms with van der Waals surface area (Å²) in [7, 11) is 1.51. The molecule has 6 heteroatoms. The number of halogens is 1. The number of rotatable bonds is 3. The van der Waals surface area contributed by atoms with Crippen molar-refractivity contribution >= 4 is 23.5 Å². The van der Waals surface area contributed by atoms with Crippen molar-refractivity contribution in [1.29, 1.82) is 0 Å². The van der Waals surface area contributed by atoms with E-state index in [4.69, 9.17) is 21.4 Å². The molecule has 1 heterocycles. The lowest BCUT2D eigenvalue weighted by Gasteiger charge is -2.19. The molecule has 1 amide bonds. The third-order valence-electron chi connectivity index (χ3n) is 3.27.